The van der Waals surface area contributed by atoms with E-state index in [2.05, 4.69) is 0 Å². The molecule has 18 heavy (non-hydrogen) atoms. The molecule has 1 saturated carbocycles. The first kappa shape index (κ1) is 13.3. The van der Waals surface area contributed by atoms with Crippen molar-refractivity contribution in [1.82, 2.24) is 4.31 Å². The monoisotopic (exact) mass is 272 g/mol. The highest BCUT2D eigenvalue weighted by Gasteiger charge is 2.33. The summed E-state index contributed by atoms with van der Waals surface area (Å²) in [7, 11) is -3.83. The van der Waals surface area contributed by atoms with E-state index in [1.165, 1.54) is 16.4 Å². The average Bonchev–Trinajstić information content (AvgIpc) is 3.08. The Bertz CT molecular complexity index is 521. The third kappa shape index (κ3) is 2.49. The van der Waals surface area contributed by atoms with E-state index in [0.29, 0.717) is 19.0 Å². The Kier molecular flexibility index (Phi) is 3.59. The van der Waals surface area contributed by atoms with Gasteiger partial charge in [0.05, 0.1) is 5.69 Å². The van der Waals surface area contributed by atoms with Crippen LogP contribution in [0, 0.1) is 11.7 Å². The molecule has 0 aromatic heterocycles. The SMILES string of the molecule is CCN(CC1CC1)S(=O)(=O)c1c(N)cccc1F. The second-order valence-electron chi connectivity index (χ2n) is 4.56. The highest BCUT2D eigenvalue weighted by Crippen LogP contribution is 2.33. The van der Waals surface area contributed by atoms with Gasteiger partial charge in [0.25, 0.3) is 0 Å². The van der Waals surface area contributed by atoms with Gasteiger partial charge in [-0.25, -0.2) is 12.8 Å². The molecule has 1 aromatic carbocycles. The van der Waals surface area contributed by atoms with E-state index in [9.17, 15) is 12.8 Å². The van der Waals surface area contributed by atoms with E-state index in [1.807, 2.05) is 0 Å². The molecule has 6 heteroatoms. The van der Waals surface area contributed by atoms with Crippen LogP contribution >= 0.6 is 0 Å². The molecule has 0 atom stereocenters. The standard InChI is InChI=1S/C12H17FN2O2S/c1-2-15(8-9-6-7-9)18(16,17)12-10(13)4-3-5-11(12)14/h3-5,9H,2,6-8,14H2,1H3. The first-order valence-electron chi connectivity index (χ1n) is 6.01. The summed E-state index contributed by atoms with van der Waals surface area (Å²) in [6.07, 6.45) is 2.08. The van der Waals surface area contributed by atoms with E-state index >= 15 is 0 Å². The van der Waals surface area contributed by atoms with Gasteiger partial charge >= 0.3 is 0 Å². The van der Waals surface area contributed by atoms with Crippen LogP contribution in [0.15, 0.2) is 23.1 Å². The summed E-state index contributed by atoms with van der Waals surface area (Å²) in [5, 5.41) is 0. The Morgan fingerprint density at radius 2 is 2.11 bits per heavy atom. The summed E-state index contributed by atoms with van der Waals surface area (Å²) in [4.78, 5) is -0.396. The summed E-state index contributed by atoms with van der Waals surface area (Å²) in [5.41, 5.74) is 5.56. The van der Waals surface area contributed by atoms with Gasteiger partial charge in [-0.1, -0.05) is 13.0 Å². The molecule has 2 N–H and O–H groups in total. The molecule has 0 radical (unpaired) electrons. The zero-order valence-electron chi connectivity index (χ0n) is 10.3. The molecule has 1 aromatic rings. The highest BCUT2D eigenvalue weighted by atomic mass is 32.2. The van der Waals surface area contributed by atoms with Crippen molar-refractivity contribution in [1.29, 1.82) is 0 Å². The molecular formula is C12H17FN2O2S. The summed E-state index contributed by atoms with van der Waals surface area (Å²) < 4.78 is 39.8. The van der Waals surface area contributed by atoms with E-state index in [0.717, 1.165) is 18.9 Å². The minimum Gasteiger partial charge on any atom is -0.398 e. The number of hydrogen-bond acceptors (Lipinski definition) is 3. The fourth-order valence-electron chi connectivity index (χ4n) is 1.91. The van der Waals surface area contributed by atoms with Crippen molar-refractivity contribution in [2.45, 2.75) is 24.7 Å². The van der Waals surface area contributed by atoms with Gasteiger partial charge in [-0.3, -0.25) is 0 Å². The number of hydrogen-bond donors (Lipinski definition) is 1. The van der Waals surface area contributed by atoms with Gasteiger partial charge in [-0.05, 0) is 30.9 Å². The van der Waals surface area contributed by atoms with Crippen LogP contribution in [-0.2, 0) is 10.0 Å². The molecule has 0 bridgehead atoms. The number of sulfonamides is 1. The Labute approximate surface area is 107 Å². The van der Waals surface area contributed by atoms with Gasteiger partial charge in [0.15, 0.2) is 0 Å². The summed E-state index contributed by atoms with van der Waals surface area (Å²) in [6.45, 7) is 2.52. The van der Waals surface area contributed by atoms with Crippen molar-refractivity contribution in [3.8, 4) is 0 Å². The molecule has 0 amide bonds. The van der Waals surface area contributed by atoms with Crippen LogP contribution in [-0.4, -0.2) is 25.8 Å². The molecule has 0 spiro atoms. The zero-order valence-corrected chi connectivity index (χ0v) is 11.1. The Balaban J connectivity index is 2.39. The predicted molar refractivity (Wildman–Crippen MR) is 68.0 cm³/mol. The van der Waals surface area contributed by atoms with Gasteiger partial charge in [0.2, 0.25) is 10.0 Å². The van der Waals surface area contributed by atoms with Crippen molar-refractivity contribution < 1.29 is 12.8 Å². The van der Waals surface area contributed by atoms with Gasteiger partial charge in [-0.2, -0.15) is 4.31 Å². The molecule has 0 aliphatic heterocycles. The molecule has 0 heterocycles. The van der Waals surface area contributed by atoms with E-state index < -0.39 is 20.7 Å². The topological polar surface area (TPSA) is 63.4 Å². The second-order valence-corrected chi connectivity index (χ2v) is 6.43. The largest absolute Gasteiger partial charge is 0.398 e. The lowest BCUT2D eigenvalue weighted by atomic mass is 10.3. The summed E-state index contributed by atoms with van der Waals surface area (Å²) in [5.74, 6) is -0.378. The van der Waals surface area contributed by atoms with E-state index in [4.69, 9.17) is 5.73 Å². The van der Waals surface area contributed by atoms with Crippen molar-refractivity contribution in [2.75, 3.05) is 18.8 Å². The Morgan fingerprint density at radius 3 is 2.61 bits per heavy atom. The zero-order chi connectivity index (χ0) is 13.3. The summed E-state index contributed by atoms with van der Waals surface area (Å²) in [6, 6.07) is 3.93. The maximum absolute atomic E-state index is 13.7. The fraction of sp³-hybridized carbons (Fsp3) is 0.500. The molecule has 0 unspecified atom stereocenters. The molecule has 1 aliphatic rings. The predicted octanol–water partition coefficient (Wildman–Crippen LogP) is 1.83. The van der Waals surface area contributed by atoms with Crippen LogP contribution in [0.3, 0.4) is 0 Å². The first-order chi connectivity index (χ1) is 8.46. The highest BCUT2D eigenvalue weighted by molar-refractivity contribution is 7.89. The molecular weight excluding hydrogens is 255 g/mol. The van der Waals surface area contributed by atoms with E-state index in [-0.39, 0.29) is 5.69 Å². The maximum atomic E-state index is 13.7. The van der Waals surface area contributed by atoms with Gasteiger partial charge in [0, 0.05) is 13.1 Å². The van der Waals surface area contributed by atoms with Crippen LogP contribution < -0.4 is 5.73 Å². The van der Waals surface area contributed by atoms with E-state index in [1.54, 1.807) is 6.92 Å². The lowest BCUT2D eigenvalue weighted by Crippen LogP contribution is -2.33. The quantitative estimate of drug-likeness (QED) is 0.832. The maximum Gasteiger partial charge on any atom is 0.248 e. The summed E-state index contributed by atoms with van der Waals surface area (Å²) >= 11 is 0. The second kappa shape index (κ2) is 4.85. The Morgan fingerprint density at radius 1 is 1.44 bits per heavy atom. The molecule has 100 valence electrons. The number of rotatable bonds is 5. The first-order valence-corrected chi connectivity index (χ1v) is 7.45. The molecule has 4 nitrogen and oxygen atoms in total. The van der Waals surface area contributed by atoms with Gasteiger partial charge in [-0.15, -0.1) is 0 Å². The lowest BCUT2D eigenvalue weighted by Gasteiger charge is -2.21. The number of nitrogens with two attached hydrogens (primary N) is 1. The lowest BCUT2D eigenvalue weighted by molar-refractivity contribution is 0.409. The van der Waals surface area contributed by atoms with Gasteiger partial charge < -0.3 is 5.73 Å². The minimum atomic E-state index is -3.83. The third-order valence-corrected chi connectivity index (χ3v) is 5.14. The fourth-order valence-corrected chi connectivity index (χ4v) is 3.60. The van der Waals surface area contributed by atoms with Crippen LogP contribution in [0.4, 0.5) is 10.1 Å². The van der Waals surface area contributed by atoms with Crippen molar-refractivity contribution in [3.05, 3.63) is 24.0 Å². The smallest absolute Gasteiger partial charge is 0.248 e. The van der Waals surface area contributed by atoms with Crippen molar-refractivity contribution in [3.63, 3.8) is 0 Å². The minimum absolute atomic E-state index is 0.0377. The number of nitrogen functional groups attached to an aromatic ring is 1. The number of anilines is 1. The van der Waals surface area contributed by atoms with Crippen LogP contribution in [0.5, 0.6) is 0 Å². The van der Waals surface area contributed by atoms with Crippen LogP contribution in [0.25, 0.3) is 0 Å². The Hall–Kier alpha value is -1.14. The number of halogens is 1. The molecule has 1 fully saturated rings. The number of nitrogens with zero attached hydrogens (tertiary/aromatic N) is 1. The normalized spacial score (nSPS) is 16.2. The number of benzene rings is 1. The average molecular weight is 272 g/mol. The van der Waals surface area contributed by atoms with Gasteiger partial charge in [0.1, 0.15) is 10.7 Å². The molecule has 0 saturated heterocycles. The molecule has 2 rings (SSSR count). The van der Waals surface area contributed by atoms with Crippen molar-refractivity contribution in [2.24, 2.45) is 5.92 Å². The van der Waals surface area contributed by atoms with Crippen LogP contribution in [0.2, 0.25) is 0 Å². The molecule has 1 aliphatic carbocycles. The van der Waals surface area contributed by atoms with Crippen LogP contribution in [0.1, 0.15) is 19.8 Å². The third-order valence-electron chi connectivity index (χ3n) is 3.11. The van der Waals surface area contributed by atoms with Crippen molar-refractivity contribution >= 4 is 15.7 Å².